The van der Waals surface area contributed by atoms with Crippen molar-refractivity contribution in [2.75, 3.05) is 0 Å². The van der Waals surface area contributed by atoms with E-state index in [-0.39, 0.29) is 12.1 Å². The van der Waals surface area contributed by atoms with Crippen LogP contribution in [0.15, 0.2) is 35.1 Å². The molecule has 0 unspecified atom stereocenters. The van der Waals surface area contributed by atoms with Crippen molar-refractivity contribution in [3.63, 3.8) is 0 Å². The van der Waals surface area contributed by atoms with Crippen LogP contribution in [0.5, 0.6) is 5.88 Å². The molecule has 5 heteroatoms. The Bertz CT molecular complexity index is 493. The second-order valence-electron chi connectivity index (χ2n) is 5.46. The number of carbonyl (C=O) groups excluding carboxylic acids is 1. The second kappa shape index (κ2) is 7.59. The van der Waals surface area contributed by atoms with Gasteiger partial charge in [0.05, 0.1) is 5.76 Å². The normalized spacial score (nSPS) is 21.6. The number of aromatic nitrogens is 1. The lowest BCUT2D eigenvalue weighted by atomic mass is 9.85. The highest BCUT2D eigenvalue weighted by molar-refractivity contribution is 9.10. The summed E-state index contributed by atoms with van der Waals surface area (Å²) in [6.07, 6.45) is 6.24. The first-order valence-corrected chi connectivity index (χ1v) is 7.96. The third-order valence-corrected chi connectivity index (χ3v) is 3.99. The molecule has 1 aliphatic rings. The van der Waals surface area contributed by atoms with Gasteiger partial charge in [-0.3, -0.25) is 4.79 Å². The maximum absolute atomic E-state index is 11.6. The van der Waals surface area contributed by atoms with Crippen molar-refractivity contribution in [2.45, 2.75) is 45.1 Å². The third kappa shape index (κ3) is 5.50. The van der Waals surface area contributed by atoms with Gasteiger partial charge in [-0.15, -0.1) is 0 Å². The number of halogens is 1. The zero-order valence-electron chi connectivity index (χ0n) is 12.2. The van der Waals surface area contributed by atoms with E-state index in [2.05, 4.69) is 27.5 Å². The van der Waals surface area contributed by atoms with Gasteiger partial charge in [-0.2, -0.15) is 0 Å². The van der Waals surface area contributed by atoms with Gasteiger partial charge >= 0.3 is 5.97 Å². The van der Waals surface area contributed by atoms with E-state index in [0.717, 1.165) is 30.2 Å². The third-order valence-electron chi connectivity index (χ3n) is 3.52. The summed E-state index contributed by atoms with van der Waals surface area (Å²) in [5.41, 5.74) is 0. The largest absolute Gasteiger partial charge is 0.474 e. The standard InChI is InChI=1S/C16H20BrNO3/c1-11(2)20-16(19)9-12-3-6-14(7-4-12)21-15-8-5-13(17)10-18-15/h5,8,10,12,14H,1,3-4,6-7,9H2,2H3. The van der Waals surface area contributed by atoms with Crippen LogP contribution in [0.1, 0.15) is 39.0 Å². The molecule has 21 heavy (non-hydrogen) atoms. The van der Waals surface area contributed by atoms with Gasteiger partial charge in [0, 0.05) is 23.2 Å². The molecule has 1 heterocycles. The van der Waals surface area contributed by atoms with Crippen molar-refractivity contribution < 1.29 is 14.3 Å². The van der Waals surface area contributed by atoms with Crippen LogP contribution in [-0.2, 0) is 9.53 Å². The van der Waals surface area contributed by atoms with E-state index in [4.69, 9.17) is 9.47 Å². The van der Waals surface area contributed by atoms with Crippen molar-refractivity contribution in [3.05, 3.63) is 35.1 Å². The lowest BCUT2D eigenvalue weighted by Crippen LogP contribution is -2.25. The van der Waals surface area contributed by atoms with Gasteiger partial charge in [-0.05, 0) is 60.5 Å². The predicted octanol–water partition coefficient (Wildman–Crippen LogP) is 4.25. The summed E-state index contributed by atoms with van der Waals surface area (Å²) in [5, 5.41) is 0. The van der Waals surface area contributed by atoms with Gasteiger partial charge in [0.15, 0.2) is 0 Å². The van der Waals surface area contributed by atoms with Crippen LogP contribution in [0, 0.1) is 5.92 Å². The van der Waals surface area contributed by atoms with Crippen LogP contribution < -0.4 is 4.74 Å². The number of hydrogen-bond acceptors (Lipinski definition) is 4. The number of nitrogens with zero attached hydrogens (tertiary/aromatic N) is 1. The molecular weight excluding hydrogens is 334 g/mol. The van der Waals surface area contributed by atoms with E-state index in [1.165, 1.54) is 0 Å². The Labute approximate surface area is 133 Å². The van der Waals surface area contributed by atoms with Crippen LogP contribution in [0.3, 0.4) is 0 Å². The quantitative estimate of drug-likeness (QED) is 0.586. The Morgan fingerprint density at radius 1 is 1.38 bits per heavy atom. The van der Waals surface area contributed by atoms with Crippen molar-refractivity contribution in [1.82, 2.24) is 4.98 Å². The molecule has 1 fully saturated rings. The minimum atomic E-state index is -0.179. The molecule has 0 atom stereocenters. The molecule has 0 amide bonds. The fraction of sp³-hybridized carbons (Fsp3) is 0.500. The average Bonchev–Trinajstić information content (AvgIpc) is 2.42. The van der Waals surface area contributed by atoms with Crippen LogP contribution in [0.25, 0.3) is 0 Å². The Balaban J connectivity index is 1.74. The molecule has 1 aromatic rings. The smallest absolute Gasteiger partial charge is 0.311 e. The number of rotatable bonds is 5. The van der Waals surface area contributed by atoms with E-state index >= 15 is 0 Å². The molecule has 4 nitrogen and oxygen atoms in total. The number of esters is 1. The summed E-state index contributed by atoms with van der Waals surface area (Å²) < 4.78 is 11.8. The van der Waals surface area contributed by atoms with Crippen molar-refractivity contribution >= 4 is 21.9 Å². The topological polar surface area (TPSA) is 48.4 Å². The Morgan fingerprint density at radius 2 is 2.10 bits per heavy atom. The SMILES string of the molecule is C=C(C)OC(=O)CC1CCC(Oc2ccc(Br)cn2)CC1. The van der Waals surface area contributed by atoms with Crippen LogP contribution in [0.4, 0.5) is 0 Å². The van der Waals surface area contributed by atoms with E-state index in [1.807, 2.05) is 12.1 Å². The lowest BCUT2D eigenvalue weighted by molar-refractivity contribution is -0.140. The average molecular weight is 354 g/mol. The fourth-order valence-corrected chi connectivity index (χ4v) is 2.76. The summed E-state index contributed by atoms with van der Waals surface area (Å²) >= 11 is 3.35. The van der Waals surface area contributed by atoms with Gasteiger partial charge < -0.3 is 9.47 Å². The Hall–Kier alpha value is -1.36. The van der Waals surface area contributed by atoms with Crippen LogP contribution in [0.2, 0.25) is 0 Å². The van der Waals surface area contributed by atoms with Gasteiger partial charge in [0.25, 0.3) is 0 Å². The molecule has 1 saturated carbocycles. The molecule has 0 aliphatic heterocycles. The van der Waals surface area contributed by atoms with Gasteiger partial charge in [-0.1, -0.05) is 6.58 Å². The monoisotopic (exact) mass is 353 g/mol. The Kier molecular flexibility index (Phi) is 5.79. The summed E-state index contributed by atoms with van der Waals surface area (Å²) in [4.78, 5) is 15.8. The summed E-state index contributed by atoms with van der Waals surface area (Å²) in [5.74, 6) is 1.32. The minimum Gasteiger partial charge on any atom is -0.474 e. The van der Waals surface area contributed by atoms with E-state index in [0.29, 0.717) is 24.0 Å². The molecule has 2 rings (SSSR count). The minimum absolute atomic E-state index is 0.179. The first kappa shape index (κ1) is 16.0. The summed E-state index contributed by atoms with van der Waals surface area (Å²) in [6.45, 7) is 5.27. The maximum atomic E-state index is 11.6. The van der Waals surface area contributed by atoms with Gasteiger partial charge in [0.2, 0.25) is 5.88 Å². The van der Waals surface area contributed by atoms with Gasteiger partial charge in [-0.25, -0.2) is 4.98 Å². The van der Waals surface area contributed by atoms with Crippen molar-refractivity contribution in [1.29, 1.82) is 0 Å². The fourth-order valence-electron chi connectivity index (χ4n) is 2.53. The van der Waals surface area contributed by atoms with Crippen molar-refractivity contribution in [2.24, 2.45) is 5.92 Å². The second-order valence-corrected chi connectivity index (χ2v) is 6.37. The zero-order valence-corrected chi connectivity index (χ0v) is 13.8. The molecule has 0 aromatic carbocycles. The van der Waals surface area contributed by atoms with E-state index < -0.39 is 0 Å². The number of hydrogen-bond donors (Lipinski definition) is 0. The summed E-state index contributed by atoms with van der Waals surface area (Å²) in [6, 6.07) is 3.78. The van der Waals surface area contributed by atoms with Crippen LogP contribution in [-0.4, -0.2) is 17.1 Å². The highest BCUT2D eigenvalue weighted by atomic mass is 79.9. The summed E-state index contributed by atoms with van der Waals surface area (Å²) in [7, 11) is 0. The first-order chi connectivity index (χ1) is 10.0. The Morgan fingerprint density at radius 3 is 2.67 bits per heavy atom. The molecule has 0 radical (unpaired) electrons. The number of ether oxygens (including phenoxy) is 2. The molecular formula is C16H20BrNO3. The number of pyridine rings is 1. The highest BCUT2D eigenvalue weighted by Gasteiger charge is 2.25. The van der Waals surface area contributed by atoms with Crippen LogP contribution >= 0.6 is 15.9 Å². The number of allylic oxidation sites excluding steroid dienone is 1. The molecule has 114 valence electrons. The molecule has 1 aromatic heterocycles. The molecule has 0 N–H and O–H groups in total. The highest BCUT2D eigenvalue weighted by Crippen LogP contribution is 2.29. The first-order valence-electron chi connectivity index (χ1n) is 7.17. The number of carbonyl (C=O) groups is 1. The lowest BCUT2D eigenvalue weighted by Gasteiger charge is -2.28. The molecule has 1 aliphatic carbocycles. The van der Waals surface area contributed by atoms with E-state index in [9.17, 15) is 4.79 Å². The molecule has 0 bridgehead atoms. The van der Waals surface area contributed by atoms with Gasteiger partial charge in [0.1, 0.15) is 6.10 Å². The van der Waals surface area contributed by atoms with E-state index in [1.54, 1.807) is 13.1 Å². The zero-order chi connectivity index (χ0) is 15.2. The maximum Gasteiger partial charge on any atom is 0.311 e. The molecule has 0 spiro atoms. The predicted molar refractivity (Wildman–Crippen MR) is 83.8 cm³/mol. The molecule has 0 saturated heterocycles. The van der Waals surface area contributed by atoms with Crippen molar-refractivity contribution in [3.8, 4) is 5.88 Å².